The van der Waals surface area contributed by atoms with E-state index in [1.54, 1.807) is 0 Å². The van der Waals surface area contributed by atoms with Gasteiger partial charge in [-0.3, -0.25) is 34.0 Å². The molecule has 0 bridgehead atoms. The average Bonchev–Trinajstić information content (AvgIpc) is 3.30. The molecular formula is C44H57N7O17. The van der Waals surface area contributed by atoms with E-state index >= 15 is 0 Å². The second-order valence-corrected chi connectivity index (χ2v) is 15.2. The van der Waals surface area contributed by atoms with Crippen LogP contribution in [0.5, 0.6) is 17.2 Å². The number of nitrogens with zero attached hydrogens (tertiary/aromatic N) is 7. The molecule has 1 aromatic carbocycles. The molecule has 4 aromatic rings. The molecule has 4 amide bonds. The summed E-state index contributed by atoms with van der Waals surface area (Å²) in [5, 5.41) is 81.7. The van der Waals surface area contributed by atoms with Gasteiger partial charge in [-0.2, -0.15) is 0 Å². The van der Waals surface area contributed by atoms with Crippen molar-refractivity contribution in [3.8, 4) is 17.2 Å². The second-order valence-electron chi connectivity index (χ2n) is 15.2. The summed E-state index contributed by atoms with van der Waals surface area (Å²) in [5.74, 6) is -5.84. The van der Waals surface area contributed by atoms with Gasteiger partial charge in [0.05, 0.1) is 37.9 Å². The number of pyridine rings is 3. The fourth-order valence-electron chi connectivity index (χ4n) is 8.98. The predicted molar refractivity (Wildman–Crippen MR) is 246 cm³/mol. The van der Waals surface area contributed by atoms with Crippen LogP contribution in [0.1, 0.15) is 40.0 Å². The van der Waals surface area contributed by atoms with Gasteiger partial charge in [0.15, 0.2) is 17.5 Å². The molecule has 0 aliphatic carbocycles. The van der Waals surface area contributed by atoms with E-state index in [0.717, 1.165) is 50.5 Å². The van der Waals surface area contributed by atoms with Gasteiger partial charge in [0, 0.05) is 83.4 Å². The van der Waals surface area contributed by atoms with Crippen molar-refractivity contribution in [1.82, 2.24) is 13.7 Å². The van der Waals surface area contributed by atoms with Crippen molar-refractivity contribution in [3.63, 3.8) is 0 Å². The lowest BCUT2D eigenvalue weighted by Crippen LogP contribution is -2.81. The monoisotopic (exact) mass is 955 g/mol. The lowest BCUT2D eigenvalue weighted by atomic mass is 9.69. The van der Waals surface area contributed by atoms with Crippen LogP contribution in [-0.2, 0) is 33.8 Å². The molecular weight excluding hydrogens is 899 g/mol. The molecule has 0 spiro atoms. The van der Waals surface area contributed by atoms with Crippen LogP contribution in [-0.4, -0.2) is 139 Å². The van der Waals surface area contributed by atoms with Crippen LogP contribution in [0.2, 0.25) is 0 Å². The highest BCUT2D eigenvalue weighted by Crippen LogP contribution is 2.48. The lowest BCUT2D eigenvalue weighted by Gasteiger charge is -2.60. The van der Waals surface area contributed by atoms with Crippen molar-refractivity contribution in [2.24, 2.45) is 0 Å². The summed E-state index contributed by atoms with van der Waals surface area (Å²) in [6.45, 7) is 2.87. The summed E-state index contributed by atoms with van der Waals surface area (Å²) in [6.07, 6.45) is -6.28. The first-order chi connectivity index (χ1) is 32.4. The Balaban J connectivity index is 2.54. The number of carboxylic acid groups (broad SMARTS) is 4. The van der Waals surface area contributed by atoms with E-state index in [1.165, 1.54) is 72.4 Å². The van der Waals surface area contributed by atoms with Gasteiger partial charge in [0.25, 0.3) is 0 Å². The summed E-state index contributed by atoms with van der Waals surface area (Å²) in [4.78, 5) is 99.7. The Morgan fingerprint density at radius 3 is 1.04 bits per heavy atom. The lowest BCUT2D eigenvalue weighted by molar-refractivity contribution is 0.133. The Labute approximate surface area is 388 Å². The summed E-state index contributed by atoms with van der Waals surface area (Å²) in [5.41, 5.74) is -6.65. The fraction of sp³-hybridized carbons (Fsp3) is 0.432. The first-order valence-corrected chi connectivity index (χ1v) is 21.3. The maximum absolute atomic E-state index is 14.6. The van der Waals surface area contributed by atoms with Crippen molar-refractivity contribution >= 4 is 47.5 Å². The van der Waals surface area contributed by atoms with E-state index in [0.29, 0.717) is 19.6 Å². The molecule has 68 heavy (non-hydrogen) atoms. The molecule has 3 atom stereocenters. The van der Waals surface area contributed by atoms with Crippen molar-refractivity contribution in [2.45, 2.75) is 83.3 Å². The normalized spacial score (nSPS) is 13.4. The first-order valence-electron chi connectivity index (χ1n) is 21.3. The van der Waals surface area contributed by atoms with Crippen LogP contribution in [0.25, 0.3) is 0 Å². The maximum Gasteiger partial charge on any atom is 0.413 e. The third-order valence-corrected chi connectivity index (χ3v) is 11.6. The Kier molecular flexibility index (Phi) is 18.1. The second kappa shape index (κ2) is 23.2. The van der Waals surface area contributed by atoms with Crippen LogP contribution in [0.4, 0.5) is 42.3 Å². The Morgan fingerprint density at radius 1 is 0.515 bits per heavy atom. The number of amides is 4. The Bertz CT molecular complexity index is 2360. The van der Waals surface area contributed by atoms with Gasteiger partial charge in [-0.05, 0) is 31.4 Å². The van der Waals surface area contributed by atoms with Gasteiger partial charge < -0.3 is 63.7 Å². The highest BCUT2D eigenvalue weighted by Gasteiger charge is 2.64. The van der Waals surface area contributed by atoms with Crippen molar-refractivity contribution in [2.75, 3.05) is 60.7 Å². The zero-order chi connectivity index (χ0) is 50.6. The molecule has 0 aliphatic heterocycles. The highest BCUT2D eigenvalue weighted by molar-refractivity contribution is 5.96. The number of ether oxygens (including phenoxy) is 3. The molecule has 3 unspecified atom stereocenters. The molecule has 4 rings (SSSR count). The van der Waals surface area contributed by atoms with Crippen LogP contribution in [0, 0.1) is 0 Å². The van der Waals surface area contributed by atoms with Gasteiger partial charge >= 0.3 is 24.4 Å². The molecule has 3 heterocycles. The van der Waals surface area contributed by atoms with Crippen molar-refractivity contribution in [3.05, 3.63) is 97.8 Å². The zero-order valence-electron chi connectivity index (χ0n) is 38.3. The number of hydrogen-bond acceptors (Lipinski definition) is 13. The zero-order valence-corrected chi connectivity index (χ0v) is 38.3. The van der Waals surface area contributed by atoms with Gasteiger partial charge in [-0.1, -0.05) is 39.0 Å². The van der Waals surface area contributed by atoms with Crippen molar-refractivity contribution < 1.29 is 69.1 Å². The molecule has 0 aliphatic rings. The number of methoxy groups -OCH3 is 3. The average molecular weight is 956 g/mol. The van der Waals surface area contributed by atoms with Gasteiger partial charge in [-0.25, -0.2) is 19.2 Å². The third-order valence-electron chi connectivity index (χ3n) is 11.6. The number of anilines is 4. The number of carbonyl (C=O) groups is 4. The summed E-state index contributed by atoms with van der Waals surface area (Å²) in [7, 11) is 3.95. The Hall–Kier alpha value is -7.57. The van der Waals surface area contributed by atoms with Crippen LogP contribution in [0.3, 0.4) is 0 Å². The van der Waals surface area contributed by atoms with Crippen LogP contribution in [0.15, 0.2) is 81.5 Å². The summed E-state index contributed by atoms with van der Waals surface area (Å²) < 4.78 is 19.0. The van der Waals surface area contributed by atoms with Crippen molar-refractivity contribution in [1.29, 1.82) is 0 Å². The van der Waals surface area contributed by atoms with Gasteiger partial charge in [0.2, 0.25) is 33.5 Å². The van der Waals surface area contributed by atoms with E-state index in [9.17, 15) is 69.3 Å². The van der Waals surface area contributed by atoms with Crippen LogP contribution < -0.4 is 35.9 Å². The molecule has 7 N–H and O–H groups in total. The number of para-hydroxylation sites is 1. The standard InChI is InChI=1S/C44H57N7O17/c1-7-31(48(40(58)59)37-34(55)28(52)15-18-45(37)21-24-66-4)44(51(43(64)65)27-13-11-10-12-14-27,32(8-2)49(41(60)61)38-35(56)29(53)16-19-46(38)22-25-67-5)33(9-3)50(42(62)63)39-36(57)30(54)17-20-47(39)23-26-68-6/h10-20,31-33,55-57H,7-9,21-26H2,1-6H3,(H,58,59)(H,60,61)(H,62,63)(H,64,65). The number of benzene rings is 1. The highest BCUT2D eigenvalue weighted by atomic mass is 16.5. The third kappa shape index (κ3) is 10.2. The molecule has 0 fully saturated rings. The number of aromatic hydroxyl groups is 3. The van der Waals surface area contributed by atoms with E-state index < -0.39 is 118 Å². The Morgan fingerprint density at radius 2 is 0.809 bits per heavy atom. The predicted octanol–water partition coefficient (Wildman–Crippen LogP) is 4.34. The minimum absolute atomic E-state index is 0.150. The molecule has 3 aromatic heterocycles. The SMILES string of the molecule is CCC(N(C(=O)O)c1c(O)c(=O)ccn1CCOC)C(C(CC)N(C(=O)O)c1c(O)c(=O)ccn1CCOC)(C(CC)N(C(=O)O)c1c(O)c(=O)ccn1CCOC)N(C(=O)O)c1ccccc1. The fourth-order valence-corrected chi connectivity index (χ4v) is 8.98. The van der Waals surface area contributed by atoms with Gasteiger partial charge in [0.1, 0.15) is 5.54 Å². The summed E-state index contributed by atoms with van der Waals surface area (Å²) >= 11 is 0. The minimum atomic E-state index is -3.01. The van der Waals surface area contributed by atoms with Gasteiger partial charge in [-0.15, -0.1) is 0 Å². The molecule has 0 radical (unpaired) electrons. The largest absolute Gasteiger partial charge is 0.502 e. The quantitative estimate of drug-likeness (QED) is 0.0544. The van der Waals surface area contributed by atoms with E-state index in [2.05, 4.69) is 0 Å². The maximum atomic E-state index is 14.6. The molecule has 0 saturated heterocycles. The summed E-state index contributed by atoms with van der Waals surface area (Å²) in [6, 6.07) is 3.08. The molecule has 24 heteroatoms. The number of rotatable bonds is 23. The smallest absolute Gasteiger partial charge is 0.413 e. The minimum Gasteiger partial charge on any atom is -0.502 e. The number of aromatic nitrogens is 3. The number of hydrogen-bond donors (Lipinski definition) is 7. The van der Waals surface area contributed by atoms with E-state index in [4.69, 9.17) is 14.2 Å². The first kappa shape index (κ1) is 53.0. The molecule has 0 saturated carbocycles. The topological polar surface area (TPSA) is 317 Å². The van der Waals surface area contributed by atoms with Crippen LogP contribution >= 0.6 is 0 Å². The van der Waals surface area contributed by atoms with E-state index in [-0.39, 0.29) is 45.1 Å². The molecule has 370 valence electrons. The van der Waals surface area contributed by atoms with E-state index in [1.807, 2.05) is 0 Å². The molecule has 24 nitrogen and oxygen atoms in total.